The molecule has 5 heteroatoms. The number of halogens is 2. The molecule has 1 heterocycles. The minimum atomic E-state index is -1.14. The summed E-state index contributed by atoms with van der Waals surface area (Å²) in [5, 5.41) is 8.96. The third-order valence-corrected chi connectivity index (χ3v) is 2.88. The average molecular weight is 275 g/mol. The van der Waals surface area contributed by atoms with E-state index in [9.17, 15) is 9.18 Å². The first-order valence-electron chi connectivity index (χ1n) is 5.44. The predicted molar refractivity (Wildman–Crippen MR) is 68.3 cm³/mol. The lowest BCUT2D eigenvalue weighted by molar-refractivity contribution is 0.0973. The molecule has 0 saturated heterocycles. The van der Waals surface area contributed by atoms with E-state index in [1.165, 1.54) is 24.4 Å². The largest absolute Gasteiger partial charge is 0.292 e. The van der Waals surface area contributed by atoms with Crippen molar-refractivity contribution in [3.8, 4) is 6.07 Å². The summed E-state index contributed by atoms with van der Waals surface area (Å²) in [7, 11) is 0. The van der Waals surface area contributed by atoms with Crippen molar-refractivity contribution in [2.75, 3.05) is 0 Å². The Kier molecular flexibility index (Phi) is 3.88. The SMILES string of the molecule is N#CC(C(=O)c1cccc(Cl)c1F)c1ccccn1. The molecule has 0 saturated carbocycles. The number of hydrogen-bond acceptors (Lipinski definition) is 3. The zero-order valence-electron chi connectivity index (χ0n) is 9.68. The minimum Gasteiger partial charge on any atom is -0.292 e. The Morgan fingerprint density at radius 1 is 1.32 bits per heavy atom. The molecule has 0 aliphatic heterocycles. The van der Waals surface area contributed by atoms with Crippen molar-refractivity contribution >= 4 is 17.4 Å². The van der Waals surface area contributed by atoms with Gasteiger partial charge in [0, 0.05) is 6.20 Å². The zero-order valence-corrected chi connectivity index (χ0v) is 10.4. The Morgan fingerprint density at radius 2 is 2.11 bits per heavy atom. The van der Waals surface area contributed by atoms with Crippen LogP contribution in [0.4, 0.5) is 4.39 Å². The Balaban J connectivity index is 2.43. The van der Waals surface area contributed by atoms with Crippen LogP contribution in [0.1, 0.15) is 22.0 Å². The molecule has 0 N–H and O–H groups in total. The predicted octanol–water partition coefficient (Wildman–Crippen LogP) is 3.36. The number of nitriles is 1. The lowest BCUT2D eigenvalue weighted by Crippen LogP contribution is -2.14. The van der Waals surface area contributed by atoms with Crippen molar-refractivity contribution in [2.45, 2.75) is 5.92 Å². The van der Waals surface area contributed by atoms with E-state index >= 15 is 0 Å². The highest BCUT2D eigenvalue weighted by molar-refractivity contribution is 6.31. The summed E-state index contributed by atoms with van der Waals surface area (Å²) in [5.41, 5.74) is 0.0825. The van der Waals surface area contributed by atoms with Gasteiger partial charge in [0.15, 0.2) is 17.5 Å². The summed E-state index contributed by atoms with van der Waals surface area (Å²) in [6.07, 6.45) is 1.47. The second kappa shape index (κ2) is 5.59. The number of Topliss-reactive ketones (excluding diaryl/α,β-unsaturated/α-hetero) is 1. The molecule has 1 unspecified atom stereocenters. The summed E-state index contributed by atoms with van der Waals surface area (Å²) in [6.45, 7) is 0. The number of carbonyl (C=O) groups is 1. The molecular formula is C14H8ClFN2O. The lowest BCUT2D eigenvalue weighted by Gasteiger charge is -2.08. The van der Waals surface area contributed by atoms with Crippen molar-refractivity contribution in [2.24, 2.45) is 0 Å². The van der Waals surface area contributed by atoms with Crippen molar-refractivity contribution in [1.82, 2.24) is 4.98 Å². The second-order valence-corrected chi connectivity index (χ2v) is 4.19. The van der Waals surface area contributed by atoms with Gasteiger partial charge >= 0.3 is 0 Å². The topological polar surface area (TPSA) is 53.8 Å². The molecule has 0 fully saturated rings. The Labute approximate surface area is 114 Å². The maximum Gasteiger partial charge on any atom is 0.189 e. The molecule has 3 nitrogen and oxygen atoms in total. The Bertz CT molecular complexity index is 652. The summed E-state index contributed by atoms with van der Waals surface area (Å²) < 4.78 is 13.8. The highest BCUT2D eigenvalue weighted by Crippen LogP contribution is 2.24. The molecule has 0 bridgehead atoms. The smallest absolute Gasteiger partial charge is 0.189 e. The van der Waals surface area contributed by atoms with E-state index in [1.807, 2.05) is 6.07 Å². The third kappa shape index (κ3) is 2.61. The van der Waals surface area contributed by atoms with Crippen molar-refractivity contribution in [3.63, 3.8) is 0 Å². The molecule has 0 aliphatic rings. The standard InChI is InChI=1S/C14H8ClFN2O/c15-11-5-3-4-9(13(11)16)14(19)10(8-17)12-6-1-2-7-18-12/h1-7,10H. The van der Waals surface area contributed by atoms with Gasteiger partial charge in [-0.25, -0.2) is 4.39 Å². The monoisotopic (exact) mass is 274 g/mol. The molecule has 1 atom stereocenters. The number of ketones is 1. The fourth-order valence-electron chi connectivity index (χ4n) is 1.66. The molecule has 0 radical (unpaired) electrons. The van der Waals surface area contributed by atoms with Gasteiger partial charge in [-0.15, -0.1) is 0 Å². The summed E-state index contributed by atoms with van der Waals surface area (Å²) >= 11 is 5.63. The lowest BCUT2D eigenvalue weighted by atomic mass is 9.95. The molecule has 1 aromatic carbocycles. The van der Waals surface area contributed by atoms with E-state index in [0.29, 0.717) is 0 Å². The first-order chi connectivity index (χ1) is 9.15. The molecule has 1 aromatic heterocycles. The van der Waals surface area contributed by atoms with Gasteiger partial charge in [0.2, 0.25) is 0 Å². The highest BCUT2D eigenvalue weighted by Gasteiger charge is 2.25. The molecule has 2 aromatic rings. The van der Waals surface area contributed by atoms with Crippen LogP contribution >= 0.6 is 11.6 Å². The molecule has 2 rings (SSSR count). The van der Waals surface area contributed by atoms with Gasteiger partial charge in [-0.1, -0.05) is 23.7 Å². The van der Waals surface area contributed by atoms with Crippen LogP contribution in [0.25, 0.3) is 0 Å². The molecule has 0 spiro atoms. The summed E-state index contributed by atoms with van der Waals surface area (Å²) in [6, 6.07) is 10.8. The third-order valence-electron chi connectivity index (χ3n) is 2.59. The van der Waals surface area contributed by atoms with Crippen LogP contribution in [0.5, 0.6) is 0 Å². The molecule has 19 heavy (non-hydrogen) atoms. The fourth-order valence-corrected chi connectivity index (χ4v) is 1.83. The van der Waals surface area contributed by atoms with E-state index in [-0.39, 0.29) is 16.3 Å². The first-order valence-corrected chi connectivity index (χ1v) is 5.81. The average Bonchev–Trinajstić information content (AvgIpc) is 2.44. The van der Waals surface area contributed by atoms with Gasteiger partial charge in [0.05, 0.1) is 22.3 Å². The van der Waals surface area contributed by atoms with E-state index < -0.39 is 17.5 Å². The number of nitrogens with zero attached hydrogens (tertiary/aromatic N) is 2. The van der Waals surface area contributed by atoms with Crippen LogP contribution in [-0.4, -0.2) is 10.8 Å². The maximum atomic E-state index is 13.8. The minimum absolute atomic E-state index is 0.149. The second-order valence-electron chi connectivity index (χ2n) is 3.78. The number of benzene rings is 1. The number of rotatable bonds is 3. The van der Waals surface area contributed by atoms with Gasteiger partial charge in [0.25, 0.3) is 0 Å². The van der Waals surface area contributed by atoms with Crippen LogP contribution in [0.3, 0.4) is 0 Å². The quantitative estimate of drug-likeness (QED) is 0.807. The van der Waals surface area contributed by atoms with Crippen LogP contribution < -0.4 is 0 Å². The van der Waals surface area contributed by atoms with Crippen LogP contribution in [0.2, 0.25) is 5.02 Å². The maximum absolute atomic E-state index is 13.8. The molecule has 0 amide bonds. The van der Waals surface area contributed by atoms with Gasteiger partial charge in [0.1, 0.15) is 0 Å². The highest BCUT2D eigenvalue weighted by atomic mass is 35.5. The molecule has 0 aliphatic carbocycles. The summed E-state index contributed by atoms with van der Waals surface area (Å²) in [4.78, 5) is 16.1. The van der Waals surface area contributed by atoms with E-state index in [0.717, 1.165) is 0 Å². The fraction of sp³-hybridized carbons (Fsp3) is 0.0714. The number of pyridine rings is 1. The first kappa shape index (κ1) is 13.2. The van der Waals surface area contributed by atoms with Crippen LogP contribution in [0.15, 0.2) is 42.6 Å². The molecular weight excluding hydrogens is 267 g/mol. The van der Waals surface area contributed by atoms with Crippen molar-refractivity contribution in [3.05, 3.63) is 64.7 Å². The Morgan fingerprint density at radius 3 is 2.74 bits per heavy atom. The van der Waals surface area contributed by atoms with E-state index in [4.69, 9.17) is 16.9 Å². The van der Waals surface area contributed by atoms with Crippen LogP contribution in [0, 0.1) is 17.1 Å². The van der Waals surface area contributed by atoms with Crippen LogP contribution in [-0.2, 0) is 0 Å². The molecule has 94 valence electrons. The number of carbonyl (C=O) groups excluding carboxylic acids is 1. The Hall–Kier alpha value is -2.25. The van der Waals surface area contributed by atoms with Gasteiger partial charge in [-0.05, 0) is 24.3 Å². The summed E-state index contributed by atoms with van der Waals surface area (Å²) in [5.74, 6) is -2.61. The van der Waals surface area contributed by atoms with Gasteiger partial charge in [-0.2, -0.15) is 5.26 Å². The van der Waals surface area contributed by atoms with Crippen molar-refractivity contribution < 1.29 is 9.18 Å². The normalized spacial score (nSPS) is 11.6. The zero-order chi connectivity index (χ0) is 13.8. The van der Waals surface area contributed by atoms with E-state index in [1.54, 1.807) is 18.2 Å². The number of aromatic nitrogens is 1. The van der Waals surface area contributed by atoms with Crippen molar-refractivity contribution in [1.29, 1.82) is 5.26 Å². The van der Waals surface area contributed by atoms with Gasteiger partial charge < -0.3 is 0 Å². The number of hydrogen-bond donors (Lipinski definition) is 0. The van der Waals surface area contributed by atoms with E-state index in [2.05, 4.69) is 4.98 Å². The van der Waals surface area contributed by atoms with Gasteiger partial charge in [-0.3, -0.25) is 9.78 Å².